The van der Waals surface area contributed by atoms with Gasteiger partial charge >= 0.3 is 0 Å². The van der Waals surface area contributed by atoms with E-state index in [-0.39, 0.29) is 16.8 Å². The van der Waals surface area contributed by atoms with Crippen LogP contribution in [0.15, 0.2) is 47.4 Å². The van der Waals surface area contributed by atoms with Gasteiger partial charge in [-0.3, -0.25) is 0 Å². The molecule has 2 fully saturated rings. The molecule has 0 aliphatic carbocycles. The lowest BCUT2D eigenvalue weighted by molar-refractivity contribution is 0.0730. The fourth-order valence-corrected chi connectivity index (χ4v) is 5.63. The maximum Gasteiger partial charge on any atom is 0.243 e. The zero-order valence-corrected chi connectivity index (χ0v) is 17.9. The van der Waals surface area contributed by atoms with E-state index in [1.165, 1.54) is 16.4 Å². The zero-order valence-electron chi connectivity index (χ0n) is 17.0. The smallest absolute Gasteiger partial charge is 0.243 e. The van der Waals surface area contributed by atoms with Crippen LogP contribution in [0.5, 0.6) is 0 Å². The van der Waals surface area contributed by atoms with Crippen LogP contribution in [0.1, 0.15) is 12.8 Å². The van der Waals surface area contributed by atoms with Crippen molar-refractivity contribution in [2.75, 3.05) is 32.9 Å². The Morgan fingerprint density at radius 2 is 1.84 bits per heavy atom. The van der Waals surface area contributed by atoms with Gasteiger partial charge in [-0.1, -0.05) is 0 Å². The van der Waals surface area contributed by atoms with Crippen LogP contribution in [0.2, 0.25) is 0 Å². The molecule has 0 N–H and O–H groups in total. The fraction of sp³-hybridized carbons (Fsp3) is 0.409. The number of hydrogen-bond acceptors (Lipinski definition) is 5. The molecule has 2 aliphatic heterocycles. The molecule has 2 aromatic carbocycles. The van der Waals surface area contributed by atoms with Crippen molar-refractivity contribution in [2.24, 2.45) is 0 Å². The molecule has 7 nitrogen and oxygen atoms in total. The Labute approximate surface area is 180 Å². The minimum Gasteiger partial charge on any atom is -0.379 e. The van der Waals surface area contributed by atoms with Crippen LogP contribution in [0, 0.1) is 5.82 Å². The third kappa shape index (κ3) is 3.98. The normalized spacial score (nSPS) is 20.5. The van der Waals surface area contributed by atoms with E-state index in [1.54, 1.807) is 30.3 Å². The summed E-state index contributed by atoms with van der Waals surface area (Å²) in [5.74, 6) is 0.357. The van der Waals surface area contributed by atoms with E-state index in [1.807, 2.05) is 4.57 Å². The second kappa shape index (κ2) is 8.31. The molecule has 0 bridgehead atoms. The number of benzene rings is 2. The summed E-state index contributed by atoms with van der Waals surface area (Å²) < 4.78 is 54.2. The van der Waals surface area contributed by atoms with Crippen LogP contribution in [0.25, 0.3) is 22.4 Å². The molecule has 31 heavy (non-hydrogen) atoms. The number of rotatable bonds is 5. The van der Waals surface area contributed by atoms with Crippen LogP contribution >= 0.6 is 0 Å². The lowest BCUT2D eigenvalue weighted by atomic mass is 10.2. The van der Waals surface area contributed by atoms with Crippen molar-refractivity contribution in [2.45, 2.75) is 30.4 Å². The number of morpholine rings is 1. The van der Waals surface area contributed by atoms with Crippen molar-refractivity contribution in [3.63, 3.8) is 0 Å². The Balaban J connectivity index is 1.59. The molecule has 0 amide bonds. The highest BCUT2D eigenvalue weighted by Crippen LogP contribution is 2.29. The van der Waals surface area contributed by atoms with E-state index in [4.69, 9.17) is 14.5 Å². The van der Waals surface area contributed by atoms with E-state index >= 15 is 0 Å². The van der Waals surface area contributed by atoms with Crippen LogP contribution in [0.4, 0.5) is 4.39 Å². The van der Waals surface area contributed by atoms with Gasteiger partial charge in [-0.05, 0) is 55.3 Å². The first-order valence-corrected chi connectivity index (χ1v) is 11.9. The number of sulfonamides is 1. The van der Waals surface area contributed by atoms with Crippen molar-refractivity contribution in [1.29, 1.82) is 0 Å². The van der Waals surface area contributed by atoms with E-state index in [0.29, 0.717) is 44.2 Å². The number of imidazole rings is 1. The molecule has 1 aromatic heterocycles. The van der Waals surface area contributed by atoms with Crippen molar-refractivity contribution in [3.8, 4) is 11.4 Å². The average Bonchev–Trinajstić information content (AvgIpc) is 3.43. The van der Waals surface area contributed by atoms with E-state index in [9.17, 15) is 12.8 Å². The fourth-order valence-electron chi connectivity index (χ4n) is 4.20. The standard InChI is InChI=1S/C22H24FN3O4S/c23-17-5-3-16(4-6-17)22-24-20-14-19(31(27,28)25-9-12-29-13-10-25)7-8-21(20)26(22)15-18-2-1-11-30-18/h3-8,14,18H,1-2,9-13,15H2. The van der Waals surface area contributed by atoms with Gasteiger partial charge < -0.3 is 14.0 Å². The number of nitrogens with zero attached hydrogens (tertiary/aromatic N) is 3. The third-order valence-electron chi connectivity index (χ3n) is 5.84. The molecule has 2 aliphatic rings. The summed E-state index contributed by atoms with van der Waals surface area (Å²) in [6.45, 7) is 2.83. The first-order chi connectivity index (χ1) is 15.0. The highest BCUT2D eigenvalue weighted by molar-refractivity contribution is 7.89. The van der Waals surface area contributed by atoms with Crippen molar-refractivity contribution in [1.82, 2.24) is 13.9 Å². The molecule has 5 rings (SSSR count). The van der Waals surface area contributed by atoms with Crippen LogP contribution < -0.4 is 0 Å². The van der Waals surface area contributed by atoms with E-state index in [2.05, 4.69) is 0 Å². The topological polar surface area (TPSA) is 73.7 Å². The first kappa shape index (κ1) is 20.6. The Bertz CT molecular complexity index is 1180. The maximum atomic E-state index is 13.5. The molecule has 164 valence electrons. The molecule has 2 saturated heterocycles. The average molecular weight is 446 g/mol. The van der Waals surface area contributed by atoms with E-state index < -0.39 is 10.0 Å². The Morgan fingerprint density at radius 1 is 1.06 bits per heavy atom. The van der Waals surface area contributed by atoms with Crippen molar-refractivity contribution >= 4 is 21.1 Å². The lowest BCUT2D eigenvalue weighted by Gasteiger charge is -2.26. The highest BCUT2D eigenvalue weighted by atomic mass is 32.2. The number of ether oxygens (including phenoxy) is 2. The van der Waals surface area contributed by atoms with Gasteiger partial charge in [-0.15, -0.1) is 0 Å². The predicted molar refractivity (Wildman–Crippen MR) is 114 cm³/mol. The number of hydrogen-bond donors (Lipinski definition) is 0. The van der Waals surface area contributed by atoms with Gasteiger partial charge in [-0.2, -0.15) is 4.31 Å². The highest BCUT2D eigenvalue weighted by Gasteiger charge is 2.28. The van der Waals surface area contributed by atoms with Crippen LogP contribution in [-0.2, 0) is 26.0 Å². The van der Waals surface area contributed by atoms with Gasteiger partial charge in [-0.25, -0.2) is 17.8 Å². The first-order valence-electron chi connectivity index (χ1n) is 10.5. The SMILES string of the molecule is O=S(=O)(c1ccc2c(c1)nc(-c1ccc(F)cc1)n2CC1CCCO1)N1CCOCC1. The number of aromatic nitrogens is 2. The quantitative estimate of drug-likeness (QED) is 0.604. The molecule has 3 aromatic rings. The van der Waals surface area contributed by atoms with Crippen LogP contribution in [0.3, 0.4) is 0 Å². The second-order valence-electron chi connectivity index (χ2n) is 7.85. The minimum atomic E-state index is -3.62. The van der Waals surface area contributed by atoms with Gasteiger partial charge in [0.1, 0.15) is 11.6 Å². The summed E-state index contributed by atoms with van der Waals surface area (Å²) in [4.78, 5) is 4.97. The largest absolute Gasteiger partial charge is 0.379 e. The Morgan fingerprint density at radius 3 is 2.55 bits per heavy atom. The number of fused-ring (bicyclic) bond motifs is 1. The summed E-state index contributed by atoms with van der Waals surface area (Å²) in [6, 6.07) is 11.2. The minimum absolute atomic E-state index is 0.0772. The van der Waals surface area contributed by atoms with Gasteiger partial charge in [0.2, 0.25) is 10.0 Å². The Kier molecular flexibility index (Phi) is 5.51. The molecule has 0 radical (unpaired) electrons. The predicted octanol–water partition coefficient (Wildman–Crippen LogP) is 3.04. The van der Waals surface area contributed by atoms with Gasteiger partial charge in [0.25, 0.3) is 0 Å². The lowest BCUT2D eigenvalue weighted by Crippen LogP contribution is -2.40. The van der Waals surface area contributed by atoms with Crippen molar-refractivity contribution < 1.29 is 22.3 Å². The monoisotopic (exact) mass is 445 g/mol. The van der Waals surface area contributed by atoms with Gasteiger partial charge in [0.05, 0.1) is 41.8 Å². The number of halogens is 1. The molecule has 1 atom stereocenters. The molecule has 1 unspecified atom stereocenters. The third-order valence-corrected chi connectivity index (χ3v) is 7.73. The summed E-state index contributed by atoms with van der Waals surface area (Å²) in [7, 11) is -3.62. The van der Waals surface area contributed by atoms with Crippen molar-refractivity contribution in [3.05, 3.63) is 48.3 Å². The summed E-state index contributed by atoms with van der Waals surface area (Å²) in [6.07, 6.45) is 2.06. The molecular weight excluding hydrogens is 421 g/mol. The molecule has 9 heteroatoms. The van der Waals surface area contributed by atoms with Gasteiger partial charge in [0, 0.05) is 25.3 Å². The molecule has 3 heterocycles. The molecular formula is C22H24FN3O4S. The maximum absolute atomic E-state index is 13.5. The van der Waals surface area contributed by atoms with E-state index in [0.717, 1.165) is 30.5 Å². The molecule has 0 spiro atoms. The van der Waals surface area contributed by atoms with Crippen LogP contribution in [-0.4, -0.2) is 61.3 Å². The summed E-state index contributed by atoms with van der Waals surface area (Å²) in [5, 5.41) is 0. The summed E-state index contributed by atoms with van der Waals surface area (Å²) in [5.41, 5.74) is 2.19. The second-order valence-corrected chi connectivity index (χ2v) is 9.79. The Hall–Kier alpha value is -2.33. The molecule has 0 saturated carbocycles. The van der Waals surface area contributed by atoms with Gasteiger partial charge in [0.15, 0.2) is 0 Å². The summed E-state index contributed by atoms with van der Waals surface area (Å²) >= 11 is 0. The zero-order chi connectivity index (χ0) is 21.4.